The molecule has 3 rings (SSSR count). The van der Waals surface area contributed by atoms with Gasteiger partial charge in [-0.05, 0) is 43.4 Å². The Bertz CT molecular complexity index is 1050. The first-order chi connectivity index (χ1) is 15.2. The van der Waals surface area contributed by atoms with Crippen LogP contribution < -0.4 is 0 Å². The van der Waals surface area contributed by atoms with Gasteiger partial charge in [-0.25, -0.2) is 8.42 Å². The molecule has 0 aliphatic carbocycles. The van der Waals surface area contributed by atoms with Gasteiger partial charge in [-0.2, -0.15) is 9.40 Å². The third kappa shape index (κ3) is 6.07. The maximum atomic E-state index is 12.8. The highest BCUT2D eigenvalue weighted by molar-refractivity contribution is 7.92. The Hall–Kier alpha value is -2.45. The number of hydrogen-bond acceptors (Lipinski definition) is 4. The predicted octanol–water partition coefficient (Wildman–Crippen LogP) is 3.23. The Morgan fingerprint density at radius 3 is 2.38 bits per heavy atom. The van der Waals surface area contributed by atoms with Crippen molar-refractivity contribution in [1.29, 1.82) is 0 Å². The number of benzene rings is 1. The van der Waals surface area contributed by atoms with Crippen LogP contribution in [0.2, 0.25) is 0 Å². The summed E-state index contributed by atoms with van der Waals surface area (Å²) in [5.41, 5.74) is 4.10. The Morgan fingerprint density at radius 2 is 1.75 bits per heavy atom. The van der Waals surface area contributed by atoms with Gasteiger partial charge in [0.15, 0.2) is 0 Å². The fraction of sp³-hybridized carbons (Fsp3) is 0.500. The highest BCUT2D eigenvalue weighted by Gasteiger charge is 2.27. The molecule has 1 aliphatic rings. The molecule has 1 amide bonds. The van der Waals surface area contributed by atoms with Crippen LogP contribution in [0.5, 0.6) is 0 Å². The van der Waals surface area contributed by atoms with Gasteiger partial charge in [-0.15, -0.1) is 0 Å². The third-order valence-corrected chi connectivity index (χ3v) is 7.41. The monoisotopic (exact) mass is 458 g/mol. The topological polar surface area (TPSA) is 75.5 Å². The minimum absolute atomic E-state index is 0.0669. The van der Waals surface area contributed by atoms with Crippen molar-refractivity contribution < 1.29 is 13.2 Å². The summed E-state index contributed by atoms with van der Waals surface area (Å²) in [6, 6.07) is 9.35. The van der Waals surface area contributed by atoms with E-state index in [4.69, 9.17) is 0 Å². The lowest BCUT2D eigenvalue weighted by molar-refractivity contribution is -0.132. The van der Waals surface area contributed by atoms with E-state index >= 15 is 0 Å². The molecule has 2 aromatic rings. The number of carbonyl (C=O) groups is 1. The van der Waals surface area contributed by atoms with Crippen molar-refractivity contribution in [1.82, 2.24) is 19.0 Å². The van der Waals surface area contributed by atoms with Gasteiger partial charge in [-0.1, -0.05) is 44.2 Å². The standard InChI is InChI=1S/C24H34N4O3S/c1-19(2)18-28-21(4)23(20(3)25-28)10-11-24(29)26-13-15-27(16-14-26)32(30,31)17-12-22-8-6-5-7-9-22/h5-9,12,17,19H,10-11,13-16,18H2,1-4H3/b17-12+. The lowest BCUT2D eigenvalue weighted by Gasteiger charge is -2.33. The molecule has 2 heterocycles. The van der Waals surface area contributed by atoms with Gasteiger partial charge in [0.1, 0.15) is 0 Å². The molecule has 0 unspecified atom stereocenters. The number of carbonyl (C=O) groups excluding carboxylic acids is 1. The van der Waals surface area contributed by atoms with Crippen LogP contribution in [0, 0.1) is 19.8 Å². The fourth-order valence-electron chi connectivity index (χ4n) is 4.02. The first-order valence-corrected chi connectivity index (χ1v) is 12.7. The molecule has 174 valence electrons. The van der Waals surface area contributed by atoms with Crippen LogP contribution in [0.4, 0.5) is 0 Å². The Labute approximate surface area is 191 Å². The van der Waals surface area contributed by atoms with E-state index < -0.39 is 10.0 Å². The van der Waals surface area contributed by atoms with E-state index in [-0.39, 0.29) is 5.91 Å². The maximum Gasteiger partial charge on any atom is 0.236 e. The van der Waals surface area contributed by atoms with Crippen molar-refractivity contribution in [3.63, 3.8) is 0 Å². The maximum absolute atomic E-state index is 12.8. The molecule has 1 aliphatic heterocycles. The number of hydrogen-bond donors (Lipinski definition) is 0. The number of amides is 1. The molecule has 7 nitrogen and oxygen atoms in total. The SMILES string of the molecule is Cc1nn(CC(C)C)c(C)c1CCC(=O)N1CCN(S(=O)(=O)/C=C/c2ccccc2)CC1. The molecule has 0 spiro atoms. The van der Waals surface area contributed by atoms with Crippen LogP contribution in [0.25, 0.3) is 6.08 Å². The molecular weight excluding hydrogens is 424 g/mol. The van der Waals surface area contributed by atoms with Crippen LogP contribution in [-0.2, 0) is 27.8 Å². The van der Waals surface area contributed by atoms with Crippen LogP contribution in [0.15, 0.2) is 35.7 Å². The van der Waals surface area contributed by atoms with Crippen molar-refractivity contribution in [3.8, 4) is 0 Å². The summed E-state index contributed by atoms with van der Waals surface area (Å²) in [5, 5.41) is 5.88. The van der Waals surface area contributed by atoms with E-state index in [1.165, 1.54) is 9.71 Å². The molecular formula is C24H34N4O3S. The number of piperazine rings is 1. The lowest BCUT2D eigenvalue weighted by Crippen LogP contribution is -2.50. The Balaban J connectivity index is 1.52. The van der Waals surface area contributed by atoms with Crippen molar-refractivity contribution in [2.24, 2.45) is 5.92 Å². The van der Waals surface area contributed by atoms with Gasteiger partial charge in [0.05, 0.1) is 5.69 Å². The van der Waals surface area contributed by atoms with E-state index in [0.717, 1.165) is 29.1 Å². The zero-order valence-corrected chi connectivity index (χ0v) is 20.3. The van der Waals surface area contributed by atoms with Crippen molar-refractivity contribution in [2.45, 2.75) is 47.1 Å². The normalized spacial score (nSPS) is 15.7. The molecule has 0 N–H and O–H groups in total. The van der Waals surface area contributed by atoms with E-state index in [0.29, 0.717) is 44.9 Å². The number of sulfonamides is 1. The average molecular weight is 459 g/mol. The quantitative estimate of drug-likeness (QED) is 0.609. The zero-order valence-electron chi connectivity index (χ0n) is 19.5. The minimum atomic E-state index is -3.50. The highest BCUT2D eigenvalue weighted by Crippen LogP contribution is 2.18. The summed E-state index contributed by atoms with van der Waals surface area (Å²) in [6.07, 6.45) is 2.68. The summed E-state index contributed by atoms with van der Waals surface area (Å²) in [5.74, 6) is 0.579. The summed E-state index contributed by atoms with van der Waals surface area (Å²) >= 11 is 0. The molecule has 1 fully saturated rings. The average Bonchev–Trinajstić information content (AvgIpc) is 3.03. The van der Waals surface area contributed by atoms with Crippen LogP contribution in [-0.4, -0.2) is 59.5 Å². The Kier molecular flexibility index (Phi) is 7.90. The molecule has 0 saturated carbocycles. The van der Waals surface area contributed by atoms with Gasteiger partial charge in [-0.3, -0.25) is 9.48 Å². The van der Waals surface area contributed by atoms with Gasteiger partial charge in [0, 0.05) is 50.2 Å². The van der Waals surface area contributed by atoms with Crippen LogP contribution >= 0.6 is 0 Å². The minimum Gasteiger partial charge on any atom is -0.340 e. The lowest BCUT2D eigenvalue weighted by atomic mass is 10.1. The number of aryl methyl sites for hydroxylation is 1. The molecule has 0 radical (unpaired) electrons. The number of nitrogens with zero attached hydrogens (tertiary/aromatic N) is 4. The smallest absolute Gasteiger partial charge is 0.236 e. The van der Waals surface area contributed by atoms with E-state index in [9.17, 15) is 13.2 Å². The molecule has 0 bridgehead atoms. The highest BCUT2D eigenvalue weighted by atomic mass is 32.2. The fourth-order valence-corrected chi connectivity index (χ4v) is 5.19. The second-order valence-corrected chi connectivity index (χ2v) is 10.6. The van der Waals surface area contributed by atoms with Gasteiger partial charge < -0.3 is 4.90 Å². The third-order valence-electron chi connectivity index (χ3n) is 5.84. The van der Waals surface area contributed by atoms with Gasteiger partial charge in [0.25, 0.3) is 0 Å². The zero-order chi connectivity index (χ0) is 23.3. The van der Waals surface area contributed by atoms with E-state index in [1.54, 1.807) is 11.0 Å². The predicted molar refractivity (Wildman–Crippen MR) is 127 cm³/mol. The van der Waals surface area contributed by atoms with Crippen LogP contribution in [0.1, 0.15) is 42.8 Å². The van der Waals surface area contributed by atoms with Gasteiger partial charge in [0.2, 0.25) is 15.9 Å². The summed E-state index contributed by atoms with van der Waals surface area (Å²) in [4.78, 5) is 14.5. The largest absolute Gasteiger partial charge is 0.340 e. The van der Waals surface area contributed by atoms with E-state index in [1.807, 2.05) is 41.9 Å². The Morgan fingerprint density at radius 1 is 1.09 bits per heavy atom. The summed E-state index contributed by atoms with van der Waals surface area (Å²) in [7, 11) is -3.50. The molecule has 1 saturated heterocycles. The first-order valence-electron chi connectivity index (χ1n) is 11.2. The first kappa shape index (κ1) is 24.2. The second kappa shape index (κ2) is 10.4. The molecule has 8 heteroatoms. The van der Waals surface area contributed by atoms with Crippen molar-refractivity contribution in [2.75, 3.05) is 26.2 Å². The van der Waals surface area contributed by atoms with Crippen molar-refractivity contribution in [3.05, 3.63) is 58.3 Å². The molecule has 32 heavy (non-hydrogen) atoms. The number of aromatic nitrogens is 2. The van der Waals surface area contributed by atoms with Crippen molar-refractivity contribution >= 4 is 22.0 Å². The second-order valence-electron chi connectivity index (χ2n) is 8.76. The van der Waals surface area contributed by atoms with E-state index in [2.05, 4.69) is 25.9 Å². The summed E-state index contributed by atoms with van der Waals surface area (Å²) < 4.78 is 28.7. The molecule has 1 aromatic heterocycles. The molecule has 0 atom stereocenters. The number of rotatable bonds is 8. The molecule has 1 aromatic carbocycles. The summed E-state index contributed by atoms with van der Waals surface area (Å²) in [6.45, 7) is 10.7. The van der Waals surface area contributed by atoms with Crippen LogP contribution in [0.3, 0.4) is 0 Å². The van der Waals surface area contributed by atoms with Gasteiger partial charge >= 0.3 is 0 Å².